The van der Waals surface area contributed by atoms with Crippen LogP contribution in [-0.2, 0) is 16.1 Å². The molecular formula is C22H23FN4O2. The SMILES string of the molecule is CO[C@@H]1CCN(c2ccc(NC(=O)Cn3cc(-c4ccc(F)cc4)cn3)cc2)C1. The number of carbonyl (C=O) groups is 1. The molecule has 4 rings (SSSR count). The summed E-state index contributed by atoms with van der Waals surface area (Å²) < 4.78 is 20.0. The van der Waals surface area contributed by atoms with Gasteiger partial charge in [0.05, 0.1) is 12.3 Å². The van der Waals surface area contributed by atoms with Crippen LogP contribution in [0.1, 0.15) is 6.42 Å². The van der Waals surface area contributed by atoms with E-state index in [0.717, 1.165) is 42.0 Å². The number of amides is 1. The Morgan fingerprint density at radius 2 is 1.93 bits per heavy atom. The van der Waals surface area contributed by atoms with Gasteiger partial charge in [0.25, 0.3) is 0 Å². The smallest absolute Gasteiger partial charge is 0.246 e. The first-order valence-corrected chi connectivity index (χ1v) is 9.57. The van der Waals surface area contributed by atoms with Gasteiger partial charge in [-0.3, -0.25) is 9.48 Å². The van der Waals surface area contributed by atoms with Crippen LogP contribution in [0.25, 0.3) is 11.1 Å². The molecule has 0 aliphatic carbocycles. The van der Waals surface area contributed by atoms with Crippen molar-refractivity contribution in [2.75, 3.05) is 30.4 Å². The zero-order chi connectivity index (χ0) is 20.2. The van der Waals surface area contributed by atoms with Crippen LogP contribution in [0.4, 0.5) is 15.8 Å². The number of hydrogen-bond donors (Lipinski definition) is 1. The van der Waals surface area contributed by atoms with E-state index in [4.69, 9.17) is 4.74 Å². The lowest BCUT2D eigenvalue weighted by atomic mass is 10.1. The van der Waals surface area contributed by atoms with Gasteiger partial charge in [0.2, 0.25) is 5.91 Å². The van der Waals surface area contributed by atoms with Gasteiger partial charge in [0.1, 0.15) is 12.4 Å². The summed E-state index contributed by atoms with van der Waals surface area (Å²) in [5.74, 6) is -0.443. The second kappa shape index (κ2) is 8.45. The minimum atomic E-state index is -0.283. The van der Waals surface area contributed by atoms with Gasteiger partial charge in [-0.05, 0) is 48.4 Å². The van der Waals surface area contributed by atoms with Crippen molar-refractivity contribution in [1.29, 1.82) is 0 Å². The second-order valence-electron chi connectivity index (χ2n) is 7.12. The summed E-state index contributed by atoms with van der Waals surface area (Å²) in [5.41, 5.74) is 3.55. The Labute approximate surface area is 168 Å². The molecule has 150 valence electrons. The molecule has 7 heteroatoms. The van der Waals surface area contributed by atoms with Crippen molar-refractivity contribution >= 4 is 17.3 Å². The molecule has 0 radical (unpaired) electrons. The molecule has 1 aliphatic rings. The summed E-state index contributed by atoms with van der Waals surface area (Å²) in [6.07, 6.45) is 4.75. The predicted molar refractivity (Wildman–Crippen MR) is 110 cm³/mol. The molecule has 1 saturated heterocycles. The number of nitrogens with one attached hydrogen (secondary N) is 1. The van der Waals surface area contributed by atoms with Crippen molar-refractivity contribution in [2.45, 2.75) is 19.1 Å². The monoisotopic (exact) mass is 394 g/mol. The molecular weight excluding hydrogens is 371 g/mol. The third-order valence-corrected chi connectivity index (χ3v) is 5.11. The lowest BCUT2D eigenvalue weighted by Crippen LogP contribution is -2.22. The summed E-state index contributed by atoms with van der Waals surface area (Å²) in [5, 5.41) is 7.11. The van der Waals surface area contributed by atoms with Crippen molar-refractivity contribution < 1.29 is 13.9 Å². The molecule has 1 aromatic heterocycles. The molecule has 1 atom stereocenters. The number of methoxy groups -OCH3 is 1. The maximum absolute atomic E-state index is 13.1. The number of nitrogens with zero attached hydrogens (tertiary/aromatic N) is 3. The fourth-order valence-corrected chi connectivity index (χ4v) is 3.50. The Bertz CT molecular complexity index is 969. The largest absolute Gasteiger partial charge is 0.380 e. The molecule has 1 N–H and O–H groups in total. The van der Waals surface area contributed by atoms with Gasteiger partial charge in [0, 0.05) is 43.3 Å². The van der Waals surface area contributed by atoms with Crippen molar-refractivity contribution in [1.82, 2.24) is 9.78 Å². The van der Waals surface area contributed by atoms with Crippen LogP contribution in [-0.4, -0.2) is 42.0 Å². The summed E-state index contributed by atoms with van der Waals surface area (Å²) in [7, 11) is 1.75. The summed E-state index contributed by atoms with van der Waals surface area (Å²) >= 11 is 0. The minimum Gasteiger partial charge on any atom is -0.380 e. The Kier molecular flexibility index (Phi) is 5.57. The van der Waals surface area contributed by atoms with Crippen molar-refractivity contribution in [2.24, 2.45) is 0 Å². The number of aromatic nitrogens is 2. The molecule has 3 aromatic rings. The predicted octanol–water partition coefficient (Wildman–Crippen LogP) is 3.55. The highest BCUT2D eigenvalue weighted by Crippen LogP contribution is 2.23. The molecule has 2 aromatic carbocycles. The highest BCUT2D eigenvalue weighted by atomic mass is 19.1. The van der Waals surface area contributed by atoms with E-state index in [2.05, 4.69) is 15.3 Å². The molecule has 0 bridgehead atoms. The fourth-order valence-electron chi connectivity index (χ4n) is 3.50. The van der Waals surface area contributed by atoms with Crippen molar-refractivity contribution in [3.63, 3.8) is 0 Å². The zero-order valence-corrected chi connectivity index (χ0v) is 16.2. The van der Waals surface area contributed by atoms with Crippen LogP contribution in [0.3, 0.4) is 0 Å². The third kappa shape index (κ3) is 4.63. The molecule has 29 heavy (non-hydrogen) atoms. The molecule has 0 saturated carbocycles. The summed E-state index contributed by atoms with van der Waals surface area (Å²) in [4.78, 5) is 14.6. The van der Waals surface area contributed by atoms with Crippen LogP contribution in [0.15, 0.2) is 60.9 Å². The van der Waals surface area contributed by atoms with E-state index in [1.54, 1.807) is 36.3 Å². The van der Waals surface area contributed by atoms with E-state index >= 15 is 0 Å². The minimum absolute atomic E-state index is 0.102. The Hall–Kier alpha value is -3.19. The number of anilines is 2. The van der Waals surface area contributed by atoms with Gasteiger partial charge in [-0.25, -0.2) is 4.39 Å². The van der Waals surface area contributed by atoms with E-state index in [1.807, 2.05) is 24.3 Å². The second-order valence-corrected chi connectivity index (χ2v) is 7.12. The lowest BCUT2D eigenvalue weighted by Gasteiger charge is -2.18. The van der Waals surface area contributed by atoms with Gasteiger partial charge < -0.3 is 15.0 Å². The molecule has 6 nitrogen and oxygen atoms in total. The number of rotatable bonds is 6. The Balaban J connectivity index is 1.33. The first kappa shape index (κ1) is 19.1. The highest BCUT2D eigenvalue weighted by Gasteiger charge is 2.22. The van der Waals surface area contributed by atoms with Crippen LogP contribution in [0, 0.1) is 5.82 Å². The zero-order valence-electron chi connectivity index (χ0n) is 16.2. The van der Waals surface area contributed by atoms with Crippen molar-refractivity contribution in [3.8, 4) is 11.1 Å². The van der Waals surface area contributed by atoms with Crippen molar-refractivity contribution in [3.05, 3.63) is 66.7 Å². The molecule has 1 amide bonds. The van der Waals surface area contributed by atoms with Crippen LogP contribution >= 0.6 is 0 Å². The first-order chi connectivity index (χ1) is 14.1. The number of halogens is 1. The van der Waals surface area contributed by atoms with Gasteiger partial charge in [-0.2, -0.15) is 5.10 Å². The van der Waals surface area contributed by atoms with Gasteiger partial charge in [0.15, 0.2) is 0 Å². The Morgan fingerprint density at radius 1 is 1.17 bits per heavy atom. The van der Waals surface area contributed by atoms with E-state index in [-0.39, 0.29) is 24.4 Å². The fraction of sp³-hybridized carbons (Fsp3) is 0.273. The van der Waals surface area contributed by atoms with Crippen LogP contribution < -0.4 is 10.2 Å². The number of ether oxygens (including phenoxy) is 1. The van der Waals surface area contributed by atoms with E-state index in [1.165, 1.54) is 12.1 Å². The summed E-state index contributed by atoms with van der Waals surface area (Å²) in [6.45, 7) is 1.96. The average molecular weight is 394 g/mol. The quantitative estimate of drug-likeness (QED) is 0.695. The number of benzene rings is 2. The van der Waals surface area contributed by atoms with Crippen LogP contribution in [0.2, 0.25) is 0 Å². The maximum Gasteiger partial charge on any atom is 0.246 e. The normalized spacial score (nSPS) is 16.2. The molecule has 1 aliphatic heterocycles. The third-order valence-electron chi connectivity index (χ3n) is 5.11. The average Bonchev–Trinajstić information content (AvgIpc) is 3.39. The molecule has 0 spiro atoms. The van der Waals surface area contributed by atoms with Gasteiger partial charge in [-0.15, -0.1) is 0 Å². The standard InChI is InChI=1S/C22H23FN4O2/c1-29-21-10-11-26(14-21)20-8-6-19(7-9-20)25-22(28)15-27-13-17(12-24-27)16-2-4-18(23)5-3-16/h2-9,12-13,21H,10-11,14-15H2,1H3,(H,25,28)/t21-/m1/s1. The maximum atomic E-state index is 13.1. The number of carbonyl (C=O) groups excluding carboxylic acids is 1. The molecule has 2 heterocycles. The van der Waals surface area contributed by atoms with E-state index in [9.17, 15) is 9.18 Å². The van der Waals surface area contributed by atoms with E-state index < -0.39 is 0 Å². The molecule has 0 unspecified atom stereocenters. The lowest BCUT2D eigenvalue weighted by molar-refractivity contribution is -0.116. The van der Waals surface area contributed by atoms with E-state index in [0.29, 0.717) is 0 Å². The topological polar surface area (TPSA) is 59.4 Å². The Morgan fingerprint density at radius 3 is 2.62 bits per heavy atom. The van der Waals surface area contributed by atoms with Crippen LogP contribution in [0.5, 0.6) is 0 Å². The summed E-state index contributed by atoms with van der Waals surface area (Å²) in [6, 6.07) is 14.0. The number of hydrogen-bond acceptors (Lipinski definition) is 4. The highest BCUT2D eigenvalue weighted by molar-refractivity contribution is 5.90. The first-order valence-electron chi connectivity index (χ1n) is 9.57. The molecule has 1 fully saturated rings. The van der Waals surface area contributed by atoms with Gasteiger partial charge >= 0.3 is 0 Å². The van der Waals surface area contributed by atoms with Gasteiger partial charge in [-0.1, -0.05) is 12.1 Å².